The molecule has 1 heterocycles. The molecule has 0 aliphatic rings. The van der Waals surface area contributed by atoms with E-state index in [2.05, 4.69) is 17.2 Å². The summed E-state index contributed by atoms with van der Waals surface area (Å²) in [6.07, 6.45) is 0.930. The molecule has 0 aliphatic heterocycles. The minimum Gasteiger partial charge on any atom is -0.351 e. The highest BCUT2D eigenvalue weighted by atomic mass is 32.2. The molecule has 0 atom stereocenters. The van der Waals surface area contributed by atoms with Crippen LogP contribution in [0.3, 0.4) is 0 Å². The Morgan fingerprint density at radius 3 is 2.43 bits per heavy atom. The Labute approximate surface area is 169 Å². The molecule has 0 bridgehead atoms. The van der Waals surface area contributed by atoms with Crippen molar-refractivity contribution >= 4 is 28.6 Å². The summed E-state index contributed by atoms with van der Waals surface area (Å²) in [6.45, 7) is 7.91. The number of carbonyl (C=O) groups is 1. The predicted octanol–water partition coefficient (Wildman–Crippen LogP) is 3.95. The molecular weight excluding hydrogens is 370 g/mol. The van der Waals surface area contributed by atoms with Gasteiger partial charge >= 0.3 is 0 Å². The van der Waals surface area contributed by atoms with E-state index < -0.39 is 0 Å². The summed E-state index contributed by atoms with van der Waals surface area (Å²) in [5, 5.41) is 4.01. The molecule has 3 rings (SSSR count). The van der Waals surface area contributed by atoms with Crippen LogP contribution >= 0.6 is 11.8 Å². The number of benzene rings is 2. The fourth-order valence-electron chi connectivity index (χ4n) is 2.90. The van der Waals surface area contributed by atoms with Crippen molar-refractivity contribution in [2.45, 2.75) is 44.8 Å². The molecular formula is C22H25N3O2S. The van der Waals surface area contributed by atoms with E-state index in [0.29, 0.717) is 16.1 Å². The first-order valence-electron chi connectivity index (χ1n) is 9.33. The van der Waals surface area contributed by atoms with Crippen LogP contribution in [0.4, 0.5) is 0 Å². The highest BCUT2D eigenvalue weighted by Crippen LogP contribution is 2.22. The minimum absolute atomic E-state index is 0.0900. The molecule has 0 saturated carbocycles. The number of nitrogens with one attached hydrogen (secondary N) is 1. The number of rotatable bonds is 5. The van der Waals surface area contributed by atoms with E-state index in [-0.39, 0.29) is 22.8 Å². The summed E-state index contributed by atoms with van der Waals surface area (Å²) in [5.74, 6) is 0.0996. The minimum atomic E-state index is -0.301. The number of carbonyl (C=O) groups excluding carboxylic acids is 1. The number of hydrogen-bond donors (Lipinski definition) is 1. The van der Waals surface area contributed by atoms with Crippen molar-refractivity contribution < 1.29 is 4.79 Å². The predicted molar refractivity (Wildman–Crippen MR) is 115 cm³/mol. The number of nitrogens with zero attached hydrogens (tertiary/aromatic N) is 2. The highest BCUT2D eigenvalue weighted by Gasteiger charge is 2.17. The van der Waals surface area contributed by atoms with E-state index in [1.165, 1.54) is 17.3 Å². The Balaban J connectivity index is 2.04. The number of fused-ring (bicyclic) bond motifs is 1. The fraction of sp³-hybridized carbons (Fsp3) is 0.318. The number of amides is 1. The Hall–Kier alpha value is -2.60. The monoisotopic (exact) mass is 395 g/mol. The van der Waals surface area contributed by atoms with Crippen molar-refractivity contribution in [3.63, 3.8) is 0 Å². The maximum absolute atomic E-state index is 13.2. The Morgan fingerprint density at radius 2 is 1.79 bits per heavy atom. The number of thioether (sulfide) groups is 1. The molecule has 5 nitrogen and oxygen atoms in total. The van der Waals surface area contributed by atoms with Gasteiger partial charge in [0.1, 0.15) is 0 Å². The molecule has 28 heavy (non-hydrogen) atoms. The Morgan fingerprint density at radius 1 is 1.11 bits per heavy atom. The first-order chi connectivity index (χ1) is 13.3. The first-order valence-corrected chi connectivity index (χ1v) is 10.3. The van der Waals surface area contributed by atoms with Gasteiger partial charge in [-0.2, -0.15) is 0 Å². The van der Waals surface area contributed by atoms with Crippen LogP contribution in [0.5, 0.6) is 0 Å². The number of aromatic nitrogens is 2. The van der Waals surface area contributed by atoms with E-state index in [1.54, 1.807) is 10.6 Å². The second kappa shape index (κ2) is 8.19. The molecule has 1 N–H and O–H groups in total. The molecule has 1 aromatic heterocycles. The lowest BCUT2D eigenvalue weighted by Gasteiger charge is -2.20. The van der Waals surface area contributed by atoms with E-state index in [4.69, 9.17) is 0 Å². The van der Waals surface area contributed by atoms with Gasteiger partial charge in [0.15, 0.2) is 5.16 Å². The SMILES string of the molecule is CCc1ccc(-n2c(SCC(=O)NC(C)(C)C)nc3ccccc3c2=O)cc1. The average molecular weight is 396 g/mol. The van der Waals surface area contributed by atoms with Crippen LogP contribution in [0.1, 0.15) is 33.3 Å². The molecule has 6 heteroatoms. The molecule has 0 unspecified atom stereocenters. The second-order valence-electron chi connectivity index (χ2n) is 7.66. The van der Waals surface area contributed by atoms with Gasteiger partial charge in [-0.05, 0) is 57.0 Å². The normalized spacial score (nSPS) is 11.6. The smallest absolute Gasteiger partial charge is 0.266 e. The summed E-state index contributed by atoms with van der Waals surface area (Å²) in [7, 11) is 0. The molecule has 0 saturated heterocycles. The van der Waals surface area contributed by atoms with Crippen molar-refractivity contribution in [2.24, 2.45) is 0 Å². The number of hydrogen-bond acceptors (Lipinski definition) is 4. The molecule has 0 aliphatic carbocycles. The topological polar surface area (TPSA) is 64.0 Å². The zero-order valence-corrected chi connectivity index (χ0v) is 17.5. The first kappa shape index (κ1) is 20.1. The van der Waals surface area contributed by atoms with Crippen LogP contribution in [0.15, 0.2) is 58.5 Å². The lowest BCUT2D eigenvalue weighted by atomic mass is 10.1. The molecule has 0 spiro atoms. The van der Waals surface area contributed by atoms with Gasteiger partial charge in [0.25, 0.3) is 5.56 Å². The highest BCUT2D eigenvalue weighted by molar-refractivity contribution is 7.99. The maximum atomic E-state index is 13.2. The van der Waals surface area contributed by atoms with Crippen LogP contribution in [-0.2, 0) is 11.2 Å². The van der Waals surface area contributed by atoms with Gasteiger partial charge in [-0.15, -0.1) is 0 Å². The standard InChI is InChI=1S/C22H25N3O2S/c1-5-15-10-12-16(13-11-15)25-20(27)17-8-6-7-9-18(17)23-21(25)28-14-19(26)24-22(2,3)4/h6-13H,5,14H2,1-4H3,(H,24,26). The zero-order chi connectivity index (χ0) is 20.3. The summed E-state index contributed by atoms with van der Waals surface area (Å²) >= 11 is 1.27. The van der Waals surface area contributed by atoms with Crippen LogP contribution in [0.2, 0.25) is 0 Å². The maximum Gasteiger partial charge on any atom is 0.266 e. The lowest BCUT2D eigenvalue weighted by Crippen LogP contribution is -2.41. The van der Waals surface area contributed by atoms with Gasteiger partial charge in [-0.3, -0.25) is 14.2 Å². The lowest BCUT2D eigenvalue weighted by molar-refractivity contribution is -0.119. The molecule has 0 fully saturated rings. The van der Waals surface area contributed by atoms with Crippen molar-refractivity contribution in [1.82, 2.24) is 14.9 Å². The van der Waals surface area contributed by atoms with Crippen molar-refractivity contribution in [1.29, 1.82) is 0 Å². The van der Waals surface area contributed by atoms with Gasteiger partial charge in [-0.1, -0.05) is 43.0 Å². The summed E-state index contributed by atoms with van der Waals surface area (Å²) < 4.78 is 1.59. The van der Waals surface area contributed by atoms with Gasteiger partial charge in [-0.25, -0.2) is 4.98 Å². The summed E-state index contributed by atoms with van der Waals surface area (Å²) in [5.41, 5.74) is 2.15. The third kappa shape index (κ3) is 4.62. The van der Waals surface area contributed by atoms with Gasteiger partial charge in [0.2, 0.25) is 5.91 Å². The van der Waals surface area contributed by atoms with Gasteiger partial charge < -0.3 is 5.32 Å². The average Bonchev–Trinajstić information content (AvgIpc) is 2.65. The molecule has 2 aromatic carbocycles. The third-order valence-corrected chi connectivity index (χ3v) is 5.13. The fourth-order valence-corrected chi connectivity index (χ4v) is 3.71. The van der Waals surface area contributed by atoms with Crippen LogP contribution < -0.4 is 10.9 Å². The molecule has 0 radical (unpaired) electrons. The zero-order valence-electron chi connectivity index (χ0n) is 16.7. The second-order valence-corrected chi connectivity index (χ2v) is 8.60. The Kier molecular flexibility index (Phi) is 5.89. The molecule has 1 amide bonds. The molecule has 146 valence electrons. The van der Waals surface area contributed by atoms with Crippen LogP contribution in [0.25, 0.3) is 16.6 Å². The third-order valence-electron chi connectivity index (χ3n) is 4.19. The van der Waals surface area contributed by atoms with E-state index in [1.807, 2.05) is 63.2 Å². The van der Waals surface area contributed by atoms with Crippen LogP contribution in [-0.4, -0.2) is 26.8 Å². The van der Waals surface area contributed by atoms with Crippen molar-refractivity contribution in [2.75, 3.05) is 5.75 Å². The summed E-state index contributed by atoms with van der Waals surface area (Å²) in [4.78, 5) is 30.1. The van der Waals surface area contributed by atoms with E-state index in [9.17, 15) is 9.59 Å². The molecule has 3 aromatic rings. The van der Waals surface area contributed by atoms with E-state index >= 15 is 0 Å². The van der Waals surface area contributed by atoms with Gasteiger partial charge in [0.05, 0.1) is 22.3 Å². The van der Waals surface area contributed by atoms with Crippen LogP contribution in [0, 0.1) is 0 Å². The van der Waals surface area contributed by atoms with E-state index in [0.717, 1.165) is 12.1 Å². The van der Waals surface area contributed by atoms with Gasteiger partial charge in [0, 0.05) is 5.54 Å². The largest absolute Gasteiger partial charge is 0.351 e. The quantitative estimate of drug-likeness (QED) is 0.525. The number of aryl methyl sites for hydroxylation is 1. The Bertz CT molecular complexity index is 1050. The van der Waals surface area contributed by atoms with Crippen molar-refractivity contribution in [3.8, 4) is 5.69 Å². The summed E-state index contributed by atoms with van der Waals surface area (Å²) in [6, 6.07) is 15.2. The van der Waals surface area contributed by atoms with Crippen molar-refractivity contribution in [3.05, 3.63) is 64.4 Å². The number of para-hydroxylation sites is 1.